The van der Waals surface area contributed by atoms with E-state index in [4.69, 9.17) is 4.74 Å². The van der Waals surface area contributed by atoms with Crippen molar-refractivity contribution in [3.8, 4) is 0 Å². The van der Waals surface area contributed by atoms with Crippen LogP contribution >= 0.6 is 11.8 Å². The van der Waals surface area contributed by atoms with Crippen LogP contribution in [-0.2, 0) is 4.74 Å². The molecule has 0 bridgehead atoms. The van der Waals surface area contributed by atoms with Crippen LogP contribution in [0.25, 0.3) is 0 Å². The minimum Gasteiger partial charge on any atom is -0.379 e. The first-order valence-electron chi connectivity index (χ1n) is 7.79. The van der Waals surface area contributed by atoms with Gasteiger partial charge in [-0.2, -0.15) is 0 Å². The van der Waals surface area contributed by atoms with Crippen molar-refractivity contribution in [1.29, 1.82) is 0 Å². The highest BCUT2D eigenvalue weighted by Gasteiger charge is 2.40. The number of amidine groups is 1. The first-order valence-corrected chi connectivity index (χ1v) is 8.77. The van der Waals surface area contributed by atoms with Crippen LogP contribution in [0.5, 0.6) is 0 Å². The summed E-state index contributed by atoms with van der Waals surface area (Å²) < 4.78 is 5.63. The summed E-state index contributed by atoms with van der Waals surface area (Å²) in [6, 6.07) is 0. The highest BCUT2D eigenvalue weighted by atomic mass is 32.2. The third-order valence-electron chi connectivity index (χ3n) is 4.49. The number of nitrogens with one attached hydrogen (secondary N) is 1. The Morgan fingerprint density at radius 3 is 3.11 bits per heavy atom. The number of hydrogen-bond donors (Lipinski definition) is 1. The Balaban J connectivity index is 1.39. The summed E-state index contributed by atoms with van der Waals surface area (Å²) in [5.74, 6) is 2.93. The van der Waals surface area contributed by atoms with E-state index in [2.05, 4.69) is 17.2 Å². The molecular formula is C15H26N2OS. The molecule has 2 aliphatic carbocycles. The van der Waals surface area contributed by atoms with Crippen LogP contribution in [0.4, 0.5) is 0 Å². The van der Waals surface area contributed by atoms with Gasteiger partial charge in [0, 0.05) is 17.9 Å². The number of nitrogens with zero attached hydrogens (tertiary/aromatic N) is 1. The van der Waals surface area contributed by atoms with E-state index in [1.165, 1.54) is 44.3 Å². The largest absolute Gasteiger partial charge is 0.379 e. The van der Waals surface area contributed by atoms with Crippen molar-refractivity contribution in [2.75, 3.05) is 25.5 Å². The first kappa shape index (κ1) is 13.7. The van der Waals surface area contributed by atoms with E-state index in [1.54, 1.807) is 0 Å². The highest BCUT2D eigenvalue weighted by Crippen LogP contribution is 2.38. The van der Waals surface area contributed by atoms with Crippen molar-refractivity contribution < 1.29 is 4.74 Å². The maximum absolute atomic E-state index is 5.63. The summed E-state index contributed by atoms with van der Waals surface area (Å²) in [5.41, 5.74) is 0.357. The quantitative estimate of drug-likeness (QED) is 0.787. The van der Waals surface area contributed by atoms with Crippen molar-refractivity contribution in [2.24, 2.45) is 16.8 Å². The second-order valence-corrected chi connectivity index (χ2v) is 7.56. The topological polar surface area (TPSA) is 33.6 Å². The zero-order valence-corrected chi connectivity index (χ0v) is 12.8. The summed E-state index contributed by atoms with van der Waals surface area (Å²) >= 11 is 1.91. The third-order valence-corrected chi connectivity index (χ3v) is 5.69. The fourth-order valence-electron chi connectivity index (χ4n) is 3.24. The van der Waals surface area contributed by atoms with Gasteiger partial charge in [-0.1, -0.05) is 31.5 Å². The molecule has 1 N–H and O–H groups in total. The number of thioether (sulfide) groups is 1. The molecule has 1 saturated heterocycles. The lowest BCUT2D eigenvalue weighted by Crippen LogP contribution is -2.47. The Hall–Kier alpha value is -0.220. The monoisotopic (exact) mass is 282 g/mol. The maximum Gasteiger partial charge on any atom is 0.157 e. The van der Waals surface area contributed by atoms with Crippen LogP contribution < -0.4 is 5.32 Å². The van der Waals surface area contributed by atoms with E-state index in [1.807, 2.05) is 11.8 Å². The summed E-state index contributed by atoms with van der Waals surface area (Å²) in [5, 5.41) is 4.86. The second-order valence-electron chi connectivity index (χ2n) is 6.60. The Morgan fingerprint density at radius 1 is 1.42 bits per heavy atom. The number of rotatable bonds is 5. The normalized spacial score (nSPS) is 36.9. The van der Waals surface area contributed by atoms with Crippen LogP contribution in [0.1, 0.15) is 45.4 Å². The van der Waals surface area contributed by atoms with Gasteiger partial charge in [0.2, 0.25) is 0 Å². The molecule has 0 aromatic heterocycles. The van der Waals surface area contributed by atoms with Gasteiger partial charge in [0.1, 0.15) is 0 Å². The van der Waals surface area contributed by atoms with E-state index >= 15 is 0 Å². The molecule has 19 heavy (non-hydrogen) atoms. The van der Waals surface area contributed by atoms with Crippen LogP contribution in [0.15, 0.2) is 4.99 Å². The molecule has 3 nitrogen and oxygen atoms in total. The van der Waals surface area contributed by atoms with Crippen molar-refractivity contribution >= 4 is 16.9 Å². The molecule has 2 atom stereocenters. The average molecular weight is 282 g/mol. The smallest absolute Gasteiger partial charge is 0.157 e. The summed E-state index contributed by atoms with van der Waals surface area (Å²) in [4.78, 5) is 4.66. The van der Waals surface area contributed by atoms with E-state index in [9.17, 15) is 0 Å². The molecule has 3 rings (SSSR count). The molecule has 4 heteroatoms. The zero-order chi connectivity index (χ0) is 13.1. The van der Waals surface area contributed by atoms with Gasteiger partial charge in [-0.25, -0.2) is 0 Å². The fraction of sp³-hybridized carbons (Fsp3) is 0.933. The summed E-state index contributed by atoms with van der Waals surface area (Å²) in [7, 11) is 0. The molecule has 0 aromatic carbocycles. The van der Waals surface area contributed by atoms with Gasteiger partial charge >= 0.3 is 0 Å². The molecule has 3 aliphatic rings. The molecule has 0 amide bonds. The number of aliphatic imine (C=N–C) groups is 1. The van der Waals surface area contributed by atoms with Gasteiger partial charge in [0.15, 0.2) is 5.17 Å². The van der Waals surface area contributed by atoms with Crippen LogP contribution in [0, 0.1) is 11.8 Å². The third kappa shape index (κ3) is 3.88. The van der Waals surface area contributed by atoms with Crippen molar-refractivity contribution in [3.63, 3.8) is 0 Å². The minimum atomic E-state index is 0.357. The first-order chi connectivity index (χ1) is 9.26. The standard InChI is InChI=1S/C15H26N2OS/c1-12-3-2-6-15(9-12)11-19-14(17-15)16-7-8-18-10-13-4-5-13/h12-13H,2-11H2,1H3,(H,16,17). The predicted molar refractivity (Wildman–Crippen MR) is 81.8 cm³/mol. The van der Waals surface area contributed by atoms with Gasteiger partial charge in [-0.05, 0) is 37.5 Å². The molecule has 1 spiro atoms. The van der Waals surface area contributed by atoms with E-state index in [-0.39, 0.29) is 0 Å². The lowest BCUT2D eigenvalue weighted by molar-refractivity contribution is 0.132. The molecular weight excluding hydrogens is 256 g/mol. The Bertz CT molecular complexity index is 343. The van der Waals surface area contributed by atoms with E-state index in [0.29, 0.717) is 5.54 Å². The Labute approximate surface area is 121 Å². The molecule has 1 heterocycles. The maximum atomic E-state index is 5.63. The van der Waals surface area contributed by atoms with Gasteiger partial charge in [0.25, 0.3) is 0 Å². The van der Waals surface area contributed by atoms with Crippen LogP contribution in [0.3, 0.4) is 0 Å². The van der Waals surface area contributed by atoms with Gasteiger partial charge in [0.05, 0.1) is 13.2 Å². The van der Waals surface area contributed by atoms with E-state index < -0.39 is 0 Å². The molecule has 1 aliphatic heterocycles. The number of hydrogen-bond acceptors (Lipinski definition) is 3. The van der Waals surface area contributed by atoms with Crippen LogP contribution in [-0.4, -0.2) is 36.2 Å². The zero-order valence-electron chi connectivity index (χ0n) is 12.0. The predicted octanol–water partition coefficient (Wildman–Crippen LogP) is 3.05. The minimum absolute atomic E-state index is 0.357. The van der Waals surface area contributed by atoms with E-state index in [0.717, 1.165) is 36.8 Å². The van der Waals surface area contributed by atoms with Gasteiger partial charge in [-0.15, -0.1) is 0 Å². The summed E-state index contributed by atoms with van der Waals surface area (Å²) in [6.45, 7) is 4.93. The average Bonchev–Trinajstić information content (AvgIpc) is 3.13. The highest BCUT2D eigenvalue weighted by molar-refractivity contribution is 8.14. The Kier molecular flexibility index (Phi) is 4.37. The lowest BCUT2D eigenvalue weighted by Gasteiger charge is -2.36. The molecule has 0 aromatic rings. The molecule has 0 radical (unpaired) electrons. The van der Waals surface area contributed by atoms with Crippen LogP contribution in [0.2, 0.25) is 0 Å². The van der Waals surface area contributed by atoms with Gasteiger partial charge in [-0.3, -0.25) is 4.99 Å². The second kappa shape index (κ2) is 6.04. The molecule has 108 valence electrons. The summed E-state index contributed by atoms with van der Waals surface area (Å²) in [6.07, 6.45) is 8.14. The van der Waals surface area contributed by atoms with Gasteiger partial charge < -0.3 is 10.1 Å². The van der Waals surface area contributed by atoms with Crippen molar-refractivity contribution in [3.05, 3.63) is 0 Å². The lowest BCUT2D eigenvalue weighted by atomic mass is 9.78. The number of ether oxygens (including phenoxy) is 1. The van der Waals surface area contributed by atoms with Crippen molar-refractivity contribution in [1.82, 2.24) is 5.32 Å². The SMILES string of the molecule is CC1CCCC2(CSC(=NCCOCC3CC3)N2)C1. The van der Waals surface area contributed by atoms with Crippen molar-refractivity contribution in [2.45, 2.75) is 51.0 Å². The molecule has 2 saturated carbocycles. The molecule has 2 unspecified atom stereocenters. The fourth-order valence-corrected chi connectivity index (χ4v) is 4.46. The Morgan fingerprint density at radius 2 is 2.32 bits per heavy atom. The molecule has 3 fully saturated rings.